The van der Waals surface area contributed by atoms with Crippen LogP contribution < -0.4 is 4.74 Å². The highest BCUT2D eigenvalue weighted by Crippen LogP contribution is 2.30. The Labute approximate surface area is 200 Å². The standard InChI is InChI=1S/C20H34N3O4S.2C2H6/c1-4-6-8-9-14-25-19-18(21-28-22-19)17-11-10-12-23(3,15-17)16-27-20(24)26-13-7-5-2;2*1-2/h11H,4-10,12-16H2,1-3H3;2*1-2H3/q+1;;. The van der Waals surface area contributed by atoms with Crippen molar-refractivity contribution in [2.75, 3.05) is 40.1 Å². The van der Waals surface area contributed by atoms with Gasteiger partial charge in [0, 0.05) is 12.0 Å². The summed E-state index contributed by atoms with van der Waals surface area (Å²) in [5, 5.41) is 0. The van der Waals surface area contributed by atoms with E-state index in [1.807, 2.05) is 27.7 Å². The molecule has 1 unspecified atom stereocenters. The van der Waals surface area contributed by atoms with Crippen LogP contribution >= 0.6 is 11.7 Å². The number of ether oxygens (including phenoxy) is 3. The van der Waals surface area contributed by atoms with Crippen molar-refractivity contribution in [1.82, 2.24) is 8.75 Å². The molecule has 1 aromatic rings. The fraction of sp³-hybridized carbons (Fsp3) is 0.792. The van der Waals surface area contributed by atoms with Gasteiger partial charge in [0.15, 0.2) is 0 Å². The SMILES string of the molecule is CC.CC.CCCCCCOc1nsnc1C1=CCC[N+](C)(COC(=O)OCCCC)C1. The third-order valence-corrected chi connectivity index (χ3v) is 5.33. The molecule has 8 heteroatoms. The second-order valence-corrected chi connectivity index (χ2v) is 8.10. The van der Waals surface area contributed by atoms with E-state index in [1.54, 1.807) is 0 Å². The summed E-state index contributed by atoms with van der Waals surface area (Å²) in [5.74, 6) is 0.626. The van der Waals surface area contributed by atoms with Gasteiger partial charge in [-0.3, -0.25) is 4.48 Å². The van der Waals surface area contributed by atoms with Crippen LogP contribution in [0.25, 0.3) is 5.57 Å². The zero-order chi connectivity index (χ0) is 24.2. The molecule has 2 heterocycles. The van der Waals surface area contributed by atoms with Crippen molar-refractivity contribution < 1.29 is 23.5 Å². The van der Waals surface area contributed by atoms with Gasteiger partial charge in [-0.25, -0.2) is 4.79 Å². The van der Waals surface area contributed by atoms with Crippen LogP contribution in [0, 0.1) is 0 Å². The van der Waals surface area contributed by atoms with E-state index >= 15 is 0 Å². The van der Waals surface area contributed by atoms with E-state index < -0.39 is 6.16 Å². The predicted molar refractivity (Wildman–Crippen MR) is 133 cm³/mol. The minimum atomic E-state index is -0.588. The normalized spacial score (nSPS) is 17.2. The Balaban J connectivity index is 0.00000227. The van der Waals surface area contributed by atoms with Crippen LogP contribution in [0.1, 0.15) is 92.2 Å². The number of hydrogen-bond acceptors (Lipinski definition) is 7. The molecule has 0 saturated heterocycles. The topological polar surface area (TPSA) is 70.5 Å². The van der Waals surface area contributed by atoms with Crippen LogP contribution in [0.15, 0.2) is 6.08 Å². The predicted octanol–water partition coefficient (Wildman–Crippen LogP) is 6.69. The van der Waals surface area contributed by atoms with Gasteiger partial charge in [0.1, 0.15) is 12.2 Å². The summed E-state index contributed by atoms with van der Waals surface area (Å²) in [5.41, 5.74) is 1.93. The number of carbonyl (C=O) groups excluding carboxylic acids is 1. The third kappa shape index (κ3) is 11.8. The molecule has 1 aromatic heterocycles. The van der Waals surface area contributed by atoms with Gasteiger partial charge in [0.2, 0.25) is 6.73 Å². The zero-order valence-corrected chi connectivity index (χ0v) is 22.3. The van der Waals surface area contributed by atoms with Gasteiger partial charge in [-0.1, -0.05) is 73.3 Å². The average Bonchev–Trinajstić information content (AvgIpc) is 3.29. The average molecular weight is 473 g/mol. The first-order valence-electron chi connectivity index (χ1n) is 12.4. The van der Waals surface area contributed by atoms with E-state index in [0.29, 0.717) is 23.6 Å². The first-order chi connectivity index (χ1) is 15.6. The second kappa shape index (κ2) is 18.9. The summed E-state index contributed by atoms with van der Waals surface area (Å²) in [4.78, 5) is 11.8. The molecule has 0 aromatic carbocycles. The first-order valence-corrected chi connectivity index (χ1v) is 13.1. The summed E-state index contributed by atoms with van der Waals surface area (Å²) in [6.45, 7) is 15.2. The number of quaternary nitrogens is 1. The molecule has 0 fully saturated rings. The molecule has 0 saturated carbocycles. The van der Waals surface area contributed by atoms with Gasteiger partial charge >= 0.3 is 6.16 Å². The number of unbranched alkanes of at least 4 members (excludes halogenated alkanes) is 4. The summed E-state index contributed by atoms with van der Waals surface area (Å²) >= 11 is 1.18. The molecule has 1 aliphatic rings. The summed E-state index contributed by atoms with van der Waals surface area (Å²) in [6.07, 6.45) is 8.99. The molecule has 1 aliphatic heterocycles. The van der Waals surface area contributed by atoms with Gasteiger partial charge in [-0.2, -0.15) is 4.37 Å². The number of rotatable bonds is 12. The second-order valence-electron chi connectivity index (χ2n) is 7.57. The minimum Gasteiger partial charge on any atom is -0.475 e. The lowest BCUT2D eigenvalue weighted by Gasteiger charge is -2.36. The number of carbonyl (C=O) groups is 1. The lowest BCUT2D eigenvalue weighted by atomic mass is 10.1. The Kier molecular flexibility index (Phi) is 17.9. The van der Waals surface area contributed by atoms with E-state index in [0.717, 1.165) is 50.0 Å². The van der Waals surface area contributed by atoms with Crippen LogP contribution in [0.3, 0.4) is 0 Å². The van der Waals surface area contributed by atoms with Crippen LogP contribution in [-0.2, 0) is 9.47 Å². The fourth-order valence-electron chi connectivity index (χ4n) is 3.11. The molecular weight excluding hydrogens is 426 g/mol. The highest BCUT2D eigenvalue weighted by Gasteiger charge is 2.31. The van der Waals surface area contributed by atoms with Crippen LogP contribution in [0.4, 0.5) is 4.79 Å². The monoisotopic (exact) mass is 472 g/mol. The molecule has 0 radical (unpaired) electrons. The molecule has 186 valence electrons. The van der Waals surface area contributed by atoms with Gasteiger partial charge in [-0.15, -0.1) is 4.37 Å². The highest BCUT2D eigenvalue weighted by molar-refractivity contribution is 6.99. The minimum absolute atomic E-state index is 0.285. The Morgan fingerprint density at radius 2 is 1.72 bits per heavy atom. The Morgan fingerprint density at radius 1 is 1.00 bits per heavy atom. The summed E-state index contributed by atoms with van der Waals surface area (Å²) < 4.78 is 25.7. The van der Waals surface area contributed by atoms with Crippen molar-refractivity contribution in [3.05, 3.63) is 11.8 Å². The quantitative estimate of drug-likeness (QED) is 0.192. The van der Waals surface area contributed by atoms with Gasteiger partial charge in [0.25, 0.3) is 5.88 Å². The molecule has 0 bridgehead atoms. The Hall–Kier alpha value is -1.67. The molecular formula is C24H46N3O4S+. The van der Waals surface area contributed by atoms with E-state index in [2.05, 4.69) is 35.7 Å². The molecule has 2 rings (SSSR count). The summed E-state index contributed by atoms with van der Waals surface area (Å²) in [7, 11) is 2.08. The van der Waals surface area contributed by atoms with Gasteiger partial charge in [0.05, 0.1) is 38.5 Å². The van der Waals surface area contributed by atoms with Crippen molar-refractivity contribution in [2.24, 2.45) is 0 Å². The van der Waals surface area contributed by atoms with Crippen LogP contribution in [0.2, 0.25) is 0 Å². The first kappa shape index (κ1) is 30.3. The maximum atomic E-state index is 11.8. The molecule has 0 spiro atoms. The van der Waals surface area contributed by atoms with Crippen LogP contribution in [0.5, 0.6) is 5.88 Å². The largest absolute Gasteiger partial charge is 0.512 e. The van der Waals surface area contributed by atoms with E-state index in [-0.39, 0.29) is 6.73 Å². The lowest BCUT2D eigenvalue weighted by molar-refractivity contribution is -0.919. The number of nitrogens with zero attached hydrogens (tertiary/aromatic N) is 3. The van der Waals surface area contributed by atoms with E-state index in [1.165, 1.54) is 31.0 Å². The lowest BCUT2D eigenvalue weighted by Crippen LogP contribution is -2.49. The number of aromatic nitrogens is 2. The molecule has 1 atom stereocenters. The molecule has 32 heavy (non-hydrogen) atoms. The molecule has 0 amide bonds. The Morgan fingerprint density at radius 3 is 2.41 bits per heavy atom. The van der Waals surface area contributed by atoms with Crippen molar-refractivity contribution in [2.45, 2.75) is 86.5 Å². The molecule has 0 aliphatic carbocycles. The van der Waals surface area contributed by atoms with Crippen molar-refractivity contribution in [3.63, 3.8) is 0 Å². The Bertz CT molecular complexity index is 637. The van der Waals surface area contributed by atoms with E-state index in [9.17, 15) is 4.79 Å². The fourth-order valence-corrected chi connectivity index (χ4v) is 3.64. The smallest absolute Gasteiger partial charge is 0.475 e. The number of likely N-dealkylation sites (N-methyl/N-ethyl adjacent to an activating group) is 1. The number of hydrogen-bond donors (Lipinski definition) is 0. The third-order valence-electron chi connectivity index (χ3n) is 4.82. The van der Waals surface area contributed by atoms with Crippen molar-refractivity contribution in [3.8, 4) is 5.88 Å². The zero-order valence-electron chi connectivity index (χ0n) is 21.4. The van der Waals surface area contributed by atoms with Crippen molar-refractivity contribution >= 4 is 23.5 Å². The maximum absolute atomic E-state index is 11.8. The summed E-state index contributed by atoms with van der Waals surface area (Å²) in [6, 6.07) is 0. The highest BCUT2D eigenvalue weighted by atomic mass is 32.1. The van der Waals surface area contributed by atoms with Gasteiger partial charge in [-0.05, 0) is 12.8 Å². The van der Waals surface area contributed by atoms with Crippen LogP contribution in [-0.4, -0.2) is 59.5 Å². The maximum Gasteiger partial charge on any atom is 0.512 e. The van der Waals surface area contributed by atoms with E-state index in [4.69, 9.17) is 14.2 Å². The van der Waals surface area contributed by atoms with Crippen molar-refractivity contribution in [1.29, 1.82) is 0 Å². The van der Waals surface area contributed by atoms with Gasteiger partial charge < -0.3 is 14.2 Å². The molecule has 7 nitrogen and oxygen atoms in total. The molecule has 0 N–H and O–H groups in total.